The quantitative estimate of drug-likeness (QED) is 0.485. The molecule has 142 valence electrons. The van der Waals surface area contributed by atoms with Gasteiger partial charge >= 0.3 is 5.97 Å². The lowest BCUT2D eigenvalue weighted by Gasteiger charge is -2.44. The van der Waals surface area contributed by atoms with Gasteiger partial charge in [-0.15, -0.1) is 0 Å². The zero-order chi connectivity index (χ0) is 19.5. The first-order valence-corrected chi connectivity index (χ1v) is 8.90. The third-order valence-corrected chi connectivity index (χ3v) is 4.74. The summed E-state index contributed by atoms with van der Waals surface area (Å²) in [6, 6.07) is 19.3. The molecule has 0 bridgehead atoms. The molecule has 1 aliphatic heterocycles. The smallest absolute Gasteiger partial charge is 0.339 e. The summed E-state index contributed by atoms with van der Waals surface area (Å²) >= 11 is 0. The first-order valence-electron chi connectivity index (χ1n) is 8.90. The number of likely N-dealkylation sites (tertiary alicyclic amines) is 1. The predicted molar refractivity (Wildman–Crippen MR) is 101 cm³/mol. The summed E-state index contributed by atoms with van der Waals surface area (Å²) in [5.41, 5.74) is 1.35. The lowest BCUT2D eigenvalue weighted by molar-refractivity contribution is -0.171. The van der Waals surface area contributed by atoms with Gasteiger partial charge in [-0.3, -0.25) is 4.79 Å². The molecule has 4 rings (SSSR count). The average molecular weight is 377 g/mol. The van der Waals surface area contributed by atoms with E-state index in [1.165, 1.54) is 0 Å². The van der Waals surface area contributed by atoms with E-state index in [1.54, 1.807) is 54.7 Å². The van der Waals surface area contributed by atoms with Gasteiger partial charge in [-0.05, 0) is 42.0 Å². The Morgan fingerprint density at radius 1 is 1.04 bits per heavy atom. The zero-order valence-electron chi connectivity index (χ0n) is 15.3. The molecule has 1 saturated heterocycles. The molecule has 2 heterocycles. The molecule has 0 unspecified atom stereocenters. The minimum Gasteiger partial charge on any atom is -0.497 e. The van der Waals surface area contributed by atoms with Gasteiger partial charge in [-0.25, -0.2) is 4.79 Å². The van der Waals surface area contributed by atoms with Gasteiger partial charge in [0.2, 0.25) is 6.10 Å². The number of β-lactam (4-membered cyclic amide) rings is 1. The Labute approximate surface area is 162 Å². The highest BCUT2D eigenvalue weighted by Crippen LogP contribution is 2.39. The van der Waals surface area contributed by atoms with Crippen LogP contribution in [0.4, 0.5) is 0 Å². The molecule has 1 amide bonds. The highest BCUT2D eigenvalue weighted by molar-refractivity contribution is 5.95. The van der Waals surface area contributed by atoms with Crippen molar-refractivity contribution in [2.24, 2.45) is 0 Å². The number of furan rings is 1. The van der Waals surface area contributed by atoms with Crippen molar-refractivity contribution in [2.45, 2.75) is 18.7 Å². The molecule has 1 aliphatic rings. The van der Waals surface area contributed by atoms with Crippen molar-refractivity contribution in [2.75, 3.05) is 7.11 Å². The van der Waals surface area contributed by atoms with Crippen LogP contribution in [0.1, 0.15) is 27.7 Å². The number of rotatable bonds is 6. The number of nitrogens with zero attached hydrogens (tertiary/aromatic N) is 1. The Hall–Kier alpha value is -3.54. The fourth-order valence-corrected chi connectivity index (χ4v) is 3.26. The average Bonchev–Trinajstić information content (AvgIpc) is 3.27. The van der Waals surface area contributed by atoms with Crippen LogP contribution in [0.25, 0.3) is 0 Å². The number of hydrogen-bond acceptors (Lipinski definition) is 5. The maximum absolute atomic E-state index is 12.7. The molecular formula is C22H19NO5. The number of ether oxygens (including phenoxy) is 2. The number of amides is 1. The van der Waals surface area contributed by atoms with Gasteiger partial charge in [-0.2, -0.15) is 0 Å². The number of hydrogen-bond donors (Lipinski definition) is 0. The molecule has 1 aromatic heterocycles. The molecule has 6 nitrogen and oxygen atoms in total. The molecule has 0 radical (unpaired) electrons. The second kappa shape index (κ2) is 7.60. The van der Waals surface area contributed by atoms with Crippen LogP contribution in [0, 0.1) is 0 Å². The van der Waals surface area contributed by atoms with Crippen LogP contribution < -0.4 is 4.74 Å². The first kappa shape index (κ1) is 17.9. The summed E-state index contributed by atoms with van der Waals surface area (Å²) in [5, 5.41) is 0. The maximum atomic E-state index is 12.7. The molecule has 1 fully saturated rings. The van der Waals surface area contributed by atoms with Crippen molar-refractivity contribution < 1.29 is 23.5 Å². The summed E-state index contributed by atoms with van der Waals surface area (Å²) in [7, 11) is 1.55. The van der Waals surface area contributed by atoms with Crippen LogP contribution in [0.15, 0.2) is 77.4 Å². The molecule has 0 aliphatic carbocycles. The molecule has 0 spiro atoms. The van der Waals surface area contributed by atoms with E-state index in [-0.39, 0.29) is 5.91 Å². The summed E-state index contributed by atoms with van der Waals surface area (Å²) < 4.78 is 16.1. The third kappa shape index (κ3) is 3.36. The van der Waals surface area contributed by atoms with Gasteiger partial charge in [0.15, 0.2) is 0 Å². The number of carbonyl (C=O) groups is 2. The monoisotopic (exact) mass is 377 g/mol. The van der Waals surface area contributed by atoms with Crippen molar-refractivity contribution in [3.05, 3.63) is 89.9 Å². The summed E-state index contributed by atoms with van der Waals surface area (Å²) in [6.07, 6.45) is 0.630. The van der Waals surface area contributed by atoms with Crippen molar-refractivity contribution in [1.29, 1.82) is 0 Å². The van der Waals surface area contributed by atoms with Gasteiger partial charge in [-0.1, -0.05) is 30.3 Å². The van der Waals surface area contributed by atoms with Gasteiger partial charge in [0.25, 0.3) is 5.91 Å². The van der Waals surface area contributed by atoms with Crippen LogP contribution >= 0.6 is 0 Å². The molecule has 28 heavy (non-hydrogen) atoms. The van der Waals surface area contributed by atoms with Crippen molar-refractivity contribution in [1.82, 2.24) is 4.90 Å². The lowest BCUT2D eigenvalue weighted by atomic mass is 9.94. The van der Waals surface area contributed by atoms with E-state index < -0.39 is 18.1 Å². The number of methoxy groups -OCH3 is 1. The fraction of sp³-hybridized carbons (Fsp3) is 0.182. The van der Waals surface area contributed by atoms with E-state index >= 15 is 0 Å². The van der Waals surface area contributed by atoms with Gasteiger partial charge in [0.05, 0.1) is 18.9 Å². The fourth-order valence-electron chi connectivity index (χ4n) is 3.26. The third-order valence-electron chi connectivity index (χ3n) is 4.74. The second-order valence-corrected chi connectivity index (χ2v) is 6.47. The molecule has 0 saturated carbocycles. The Bertz CT molecular complexity index is 950. The van der Waals surface area contributed by atoms with Crippen LogP contribution in [-0.4, -0.2) is 30.0 Å². The predicted octanol–water partition coefficient (Wildman–Crippen LogP) is 3.60. The Kier molecular flexibility index (Phi) is 4.85. The van der Waals surface area contributed by atoms with Crippen LogP contribution in [0.5, 0.6) is 5.75 Å². The topological polar surface area (TPSA) is 69.0 Å². The maximum Gasteiger partial charge on any atom is 0.339 e. The molecule has 2 aromatic carbocycles. The zero-order valence-corrected chi connectivity index (χ0v) is 15.3. The highest BCUT2D eigenvalue weighted by Gasteiger charge is 2.52. The van der Waals surface area contributed by atoms with E-state index in [1.807, 2.05) is 30.3 Å². The number of benzene rings is 2. The van der Waals surface area contributed by atoms with Crippen molar-refractivity contribution in [3.8, 4) is 5.75 Å². The minimum atomic E-state index is -0.913. The molecule has 3 aromatic rings. The highest BCUT2D eigenvalue weighted by atomic mass is 16.6. The molecular weight excluding hydrogens is 358 g/mol. The minimum absolute atomic E-state index is 0.243. The lowest BCUT2D eigenvalue weighted by Crippen LogP contribution is -2.59. The summed E-state index contributed by atoms with van der Waals surface area (Å²) in [4.78, 5) is 26.9. The second-order valence-electron chi connectivity index (χ2n) is 6.47. The molecule has 6 heteroatoms. The van der Waals surface area contributed by atoms with Gasteiger partial charge in [0.1, 0.15) is 17.6 Å². The van der Waals surface area contributed by atoms with E-state index in [4.69, 9.17) is 13.9 Å². The van der Waals surface area contributed by atoms with Crippen LogP contribution in [0.2, 0.25) is 0 Å². The molecule has 0 N–H and O–H groups in total. The van der Waals surface area contributed by atoms with Crippen molar-refractivity contribution >= 4 is 11.9 Å². The summed E-state index contributed by atoms with van der Waals surface area (Å²) in [6.45, 7) is 0.418. The SMILES string of the molecule is COc1ccc(C(=O)O[C@H]2C(=O)N(Cc3ccccc3)[C@H]2c2ccco2)cc1. The molecule has 2 atom stereocenters. The Morgan fingerprint density at radius 2 is 1.79 bits per heavy atom. The summed E-state index contributed by atoms with van der Waals surface area (Å²) in [5.74, 6) is 0.422. The normalized spacial score (nSPS) is 18.5. The van der Waals surface area contributed by atoms with E-state index in [9.17, 15) is 9.59 Å². The standard InChI is InChI=1S/C22H19NO5/c1-26-17-11-9-16(10-12-17)22(25)28-20-19(18-8-5-13-27-18)23(21(20)24)14-15-6-3-2-4-7-15/h2-13,19-20H,14H2,1H3/t19-,20+/m0/s1. The Balaban J connectivity index is 1.52. The van der Waals surface area contributed by atoms with E-state index in [0.29, 0.717) is 23.6 Å². The van der Waals surface area contributed by atoms with E-state index in [2.05, 4.69) is 0 Å². The van der Waals surface area contributed by atoms with Crippen LogP contribution in [-0.2, 0) is 16.1 Å². The van der Waals surface area contributed by atoms with E-state index in [0.717, 1.165) is 5.56 Å². The first-order chi connectivity index (χ1) is 13.7. The van der Waals surface area contributed by atoms with Gasteiger partial charge < -0.3 is 18.8 Å². The number of esters is 1. The number of carbonyl (C=O) groups excluding carboxylic acids is 2. The van der Waals surface area contributed by atoms with Crippen molar-refractivity contribution in [3.63, 3.8) is 0 Å². The van der Waals surface area contributed by atoms with Crippen LogP contribution in [0.3, 0.4) is 0 Å². The largest absolute Gasteiger partial charge is 0.497 e. The van der Waals surface area contributed by atoms with Gasteiger partial charge in [0, 0.05) is 6.54 Å². The Morgan fingerprint density at radius 3 is 2.43 bits per heavy atom.